The molecule has 0 bridgehead atoms. The molecule has 1 aromatic heterocycles. The summed E-state index contributed by atoms with van der Waals surface area (Å²) in [5, 5.41) is 2.89. The number of nitrogens with zero attached hydrogens (tertiary/aromatic N) is 2. The first kappa shape index (κ1) is 15.5. The molecule has 0 aliphatic rings. The van der Waals surface area contributed by atoms with E-state index in [-0.39, 0.29) is 18.4 Å². The van der Waals surface area contributed by atoms with Gasteiger partial charge in [-0.3, -0.25) is 4.79 Å². The van der Waals surface area contributed by atoms with E-state index < -0.39 is 0 Å². The van der Waals surface area contributed by atoms with Crippen molar-refractivity contribution in [2.75, 3.05) is 20.2 Å². The summed E-state index contributed by atoms with van der Waals surface area (Å²) in [7, 11) is 1.56. The summed E-state index contributed by atoms with van der Waals surface area (Å²) in [5.41, 5.74) is 7.56. The second kappa shape index (κ2) is 7.19. The van der Waals surface area contributed by atoms with E-state index in [0.717, 1.165) is 16.9 Å². The van der Waals surface area contributed by atoms with Crippen molar-refractivity contribution >= 4 is 16.9 Å². The predicted molar refractivity (Wildman–Crippen MR) is 81.9 cm³/mol. The van der Waals surface area contributed by atoms with Crippen molar-refractivity contribution < 1.29 is 9.53 Å². The van der Waals surface area contributed by atoms with Gasteiger partial charge in [0, 0.05) is 26.7 Å². The molecule has 6 nitrogen and oxygen atoms in total. The van der Waals surface area contributed by atoms with Gasteiger partial charge in [0.2, 0.25) is 5.91 Å². The van der Waals surface area contributed by atoms with E-state index in [2.05, 4.69) is 14.9 Å². The SMILES string of the molecule is COC(CN)CC(=O)NCCn1c(C)nc2ccccc21. The number of nitrogens with two attached hydrogens (primary N) is 1. The number of nitrogens with one attached hydrogen (secondary N) is 1. The van der Waals surface area contributed by atoms with Gasteiger partial charge in [-0.2, -0.15) is 0 Å². The molecule has 6 heteroatoms. The maximum atomic E-state index is 11.8. The number of carbonyl (C=O) groups is 1. The second-order valence-corrected chi connectivity index (χ2v) is 4.95. The van der Waals surface area contributed by atoms with Gasteiger partial charge in [-0.05, 0) is 19.1 Å². The highest BCUT2D eigenvalue weighted by Gasteiger charge is 2.11. The summed E-state index contributed by atoms with van der Waals surface area (Å²) >= 11 is 0. The normalized spacial score (nSPS) is 12.5. The largest absolute Gasteiger partial charge is 0.380 e. The predicted octanol–water partition coefficient (Wildman–Crippen LogP) is 0.825. The van der Waals surface area contributed by atoms with Crippen LogP contribution in [-0.4, -0.2) is 41.8 Å². The number of carbonyl (C=O) groups excluding carboxylic acids is 1. The van der Waals surface area contributed by atoms with Gasteiger partial charge in [0.1, 0.15) is 5.82 Å². The van der Waals surface area contributed by atoms with Crippen LogP contribution in [0.5, 0.6) is 0 Å². The molecular weight excluding hydrogens is 268 g/mol. The van der Waals surface area contributed by atoms with E-state index in [4.69, 9.17) is 10.5 Å². The number of para-hydroxylation sites is 2. The standard InChI is InChI=1S/C15H22N4O2/c1-11-18-13-5-3-4-6-14(13)19(11)8-7-17-15(20)9-12(10-16)21-2/h3-6,12H,7-10,16H2,1-2H3,(H,17,20). The minimum atomic E-state index is -0.221. The molecule has 1 atom stereocenters. The molecule has 2 rings (SSSR count). The fourth-order valence-electron chi connectivity index (χ4n) is 2.33. The Bertz CT molecular complexity index is 605. The van der Waals surface area contributed by atoms with Crippen molar-refractivity contribution in [1.29, 1.82) is 0 Å². The van der Waals surface area contributed by atoms with E-state index in [1.54, 1.807) is 7.11 Å². The first-order chi connectivity index (χ1) is 10.2. The highest BCUT2D eigenvalue weighted by Crippen LogP contribution is 2.14. The maximum absolute atomic E-state index is 11.8. The molecule has 21 heavy (non-hydrogen) atoms. The molecule has 0 saturated carbocycles. The number of methoxy groups -OCH3 is 1. The molecule has 0 saturated heterocycles. The van der Waals surface area contributed by atoms with Crippen LogP contribution in [0.4, 0.5) is 0 Å². The molecule has 1 heterocycles. The average molecular weight is 290 g/mol. The third-order valence-corrected chi connectivity index (χ3v) is 3.51. The van der Waals surface area contributed by atoms with E-state index in [0.29, 0.717) is 19.6 Å². The quantitative estimate of drug-likeness (QED) is 0.791. The zero-order valence-corrected chi connectivity index (χ0v) is 12.5. The Morgan fingerprint density at radius 2 is 2.24 bits per heavy atom. The van der Waals surface area contributed by atoms with Gasteiger partial charge in [-0.1, -0.05) is 12.1 Å². The number of ether oxygens (including phenoxy) is 1. The Morgan fingerprint density at radius 1 is 1.48 bits per heavy atom. The Morgan fingerprint density at radius 3 is 2.95 bits per heavy atom. The van der Waals surface area contributed by atoms with Crippen molar-refractivity contribution in [2.45, 2.75) is 26.0 Å². The molecule has 1 amide bonds. The Hall–Kier alpha value is -1.92. The Labute approximate surface area is 124 Å². The molecule has 1 aromatic carbocycles. The van der Waals surface area contributed by atoms with E-state index in [9.17, 15) is 4.79 Å². The lowest BCUT2D eigenvalue weighted by Crippen LogP contribution is -2.33. The highest BCUT2D eigenvalue weighted by molar-refractivity contribution is 5.77. The lowest BCUT2D eigenvalue weighted by Gasteiger charge is -2.13. The van der Waals surface area contributed by atoms with E-state index in [1.165, 1.54) is 0 Å². The number of aromatic nitrogens is 2. The molecule has 0 aliphatic heterocycles. The van der Waals surface area contributed by atoms with Crippen molar-refractivity contribution in [3.8, 4) is 0 Å². The van der Waals surface area contributed by atoms with Crippen LogP contribution in [-0.2, 0) is 16.1 Å². The van der Waals surface area contributed by atoms with Crippen LogP contribution in [0.15, 0.2) is 24.3 Å². The van der Waals surface area contributed by atoms with Crippen molar-refractivity contribution in [1.82, 2.24) is 14.9 Å². The molecule has 114 valence electrons. The van der Waals surface area contributed by atoms with Crippen LogP contribution in [0, 0.1) is 6.92 Å². The smallest absolute Gasteiger partial charge is 0.222 e. The minimum Gasteiger partial charge on any atom is -0.380 e. The maximum Gasteiger partial charge on any atom is 0.222 e. The minimum absolute atomic E-state index is 0.0469. The fraction of sp³-hybridized carbons (Fsp3) is 0.467. The van der Waals surface area contributed by atoms with Crippen LogP contribution in [0.3, 0.4) is 0 Å². The molecule has 0 fully saturated rings. The van der Waals surface area contributed by atoms with E-state index >= 15 is 0 Å². The Kier molecular flexibility index (Phi) is 5.30. The van der Waals surface area contributed by atoms with Crippen molar-refractivity contribution in [3.05, 3.63) is 30.1 Å². The van der Waals surface area contributed by atoms with Crippen LogP contribution >= 0.6 is 0 Å². The lowest BCUT2D eigenvalue weighted by molar-refractivity contribution is -0.123. The Balaban J connectivity index is 1.90. The zero-order valence-electron chi connectivity index (χ0n) is 12.5. The van der Waals surface area contributed by atoms with Gasteiger partial charge >= 0.3 is 0 Å². The molecule has 0 radical (unpaired) electrons. The summed E-state index contributed by atoms with van der Waals surface area (Å²) < 4.78 is 7.20. The van der Waals surface area contributed by atoms with Gasteiger partial charge in [-0.25, -0.2) is 4.98 Å². The summed E-state index contributed by atoms with van der Waals surface area (Å²) in [6.07, 6.45) is 0.0669. The number of aryl methyl sites for hydroxylation is 1. The van der Waals surface area contributed by atoms with Crippen molar-refractivity contribution in [3.63, 3.8) is 0 Å². The third kappa shape index (κ3) is 3.80. The molecule has 3 N–H and O–H groups in total. The number of imidazole rings is 1. The van der Waals surface area contributed by atoms with Crippen LogP contribution in [0.25, 0.3) is 11.0 Å². The average Bonchev–Trinajstić information content (AvgIpc) is 2.81. The molecule has 0 spiro atoms. The summed E-state index contributed by atoms with van der Waals surface area (Å²) in [6.45, 7) is 3.56. The summed E-state index contributed by atoms with van der Waals surface area (Å²) in [6, 6.07) is 7.98. The van der Waals surface area contributed by atoms with Gasteiger partial charge in [0.25, 0.3) is 0 Å². The number of hydrogen-bond donors (Lipinski definition) is 2. The summed E-state index contributed by atoms with van der Waals surface area (Å²) in [5.74, 6) is 0.900. The van der Waals surface area contributed by atoms with Gasteiger partial charge < -0.3 is 20.4 Å². The molecule has 2 aromatic rings. The number of fused-ring (bicyclic) bond motifs is 1. The molecule has 0 aliphatic carbocycles. The molecular formula is C15H22N4O2. The number of rotatable bonds is 7. The monoisotopic (exact) mass is 290 g/mol. The van der Waals surface area contributed by atoms with Crippen LogP contribution in [0.1, 0.15) is 12.2 Å². The lowest BCUT2D eigenvalue weighted by atomic mass is 10.2. The van der Waals surface area contributed by atoms with Crippen molar-refractivity contribution in [2.24, 2.45) is 5.73 Å². The fourth-order valence-corrected chi connectivity index (χ4v) is 2.33. The molecule has 1 unspecified atom stereocenters. The topological polar surface area (TPSA) is 82.2 Å². The highest BCUT2D eigenvalue weighted by atomic mass is 16.5. The van der Waals surface area contributed by atoms with Gasteiger partial charge in [0.15, 0.2) is 0 Å². The zero-order chi connectivity index (χ0) is 15.2. The first-order valence-corrected chi connectivity index (χ1v) is 7.07. The number of hydrogen-bond acceptors (Lipinski definition) is 4. The van der Waals surface area contributed by atoms with E-state index in [1.807, 2.05) is 31.2 Å². The van der Waals surface area contributed by atoms with Gasteiger partial charge in [0.05, 0.1) is 23.6 Å². The number of amides is 1. The van der Waals surface area contributed by atoms with Crippen LogP contribution in [0.2, 0.25) is 0 Å². The van der Waals surface area contributed by atoms with Crippen LogP contribution < -0.4 is 11.1 Å². The third-order valence-electron chi connectivity index (χ3n) is 3.51. The summed E-state index contributed by atoms with van der Waals surface area (Å²) in [4.78, 5) is 16.3. The number of benzene rings is 1. The first-order valence-electron chi connectivity index (χ1n) is 7.07. The van der Waals surface area contributed by atoms with Gasteiger partial charge in [-0.15, -0.1) is 0 Å². The second-order valence-electron chi connectivity index (χ2n) is 4.95.